The molecule has 0 amide bonds. The van der Waals surface area contributed by atoms with Crippen molar-refractivity contribution < 1.29 is 19.4 Å². The van der Waals surface area contributed by atoms with E-state index in [1.54, 1.807) is 12.1 Å². The number of rotatable bonds is 5. The fourth-order valence-corrected chi connectivity index (χ4v) is 3.88. The summed E-state index contributed by atoms with van der Waals surface area (Å²) in [4.78, 5) is 24.8. The number of nitrogens with zero attached hydrogens (tertiary/aromatic N) is 2. The lowest BCUT2D eigenvalue weighted by molar-refractivity contribution is -0.150. The maximum absolute atomic E-state index is 12.5. The monoisotopic (exact) mass is 414 g/mol. The Labute approximate surface area is 180 Å². The minimum atomic E-state index is -1.59. The van der Waals surface area contributed by atoms with Gasteiger partial charge >= 0.3 is 5.97 Å². The molecule has 0 bridgehead atoms. The molecule has 0 radical (unpaired) electrons. The molecule has 1 aliphatic carbocycles. The number of phenols is 1. The Kier molecular flexibility index (Phi) is 5.62. The van der Waals surface area contributed by atoms with Gasteiger partial charge in [0.25, 0.3) is 0 Å². The molecule has 1 saturated carbocycles. The van der Waals surface area contributed by atoms with Crippen molar-refractivity contribution >= 4 is 17.4 Å². The van der Waals surface area contributed by atoms with Crippen molar-refractivity contribution in [2.24, 2.45) is 10.2 Å². The molecule has 31 heavy (non-hydrogen) atoms. The molecule has 1 N–H and O–H groups in total. The zero-order chi connectivity index (χ0) is 21.8. The number of esters is 1. The van der Waals surface area contributed by atoms with Crippen molar-refractivity contribution in [2.75, 3.05) is 7.11 Å². The van der Waals surface area contributed by atoms with E-state index in [1.807, 2.05) is 60.7 Å². The average Bonchev–Trinajstić information content (AvgIpc) is 3.20. The van der Waals surface area contributed by atoms with Gasteiger partial charge in [-0.25, -0.2) is 4.79 Å². The molecule has 0 aliphatic heterocycles. The van der Waals surface area contributed by atoms with Gasteiger partial charge in [-0.05, 0) is 36.1 Å². The van der Waals surface area contributed by atoms with E-state index in [9.17, 15) is 14.7 Å². The molecule has 1 atom stereocenters. The SMILES string of the molecule is COC(=O)[C@]1(N=Nc2cc(-c3ccccc3)c(O)c(-c3ccccc3)c2)CCCC1=O. The largest absolute Gasteiger partial charge is 0.507 e. The quantitative estimate of drug-likeness (QED) is 0.340. The van der Waals surface area contributed by atoms with Crippen LogP contribution in [-0.4, -0.2) is 29.5 Å². The lowest BCUT2D eigenvalue weighted by Crippen LogP contribution is -2.41. The molecule has 6 nitrogen and oxygen atoms in total. The Morgan fingerprint density at radius 1 is 0.968 bits per heavy atom. The topological polar surface area (TPSA) is 88.3 Å². The highest BCUT2D eigenvalue weighted by atomic mass is 16.5. The van der Waals surface area contributed by atoms with Crippen molar-refractivity contribution in [1.29, 1.82) is 0 Å². The lowest BCUT2D eigenvalue weighted by atomic mass is 9.96. The average molecular weight is 414 g/mol. The van der Waals surface area contributed by atoms with Crippen LogP contribution in [0.15, 0.2) is 83.0 Å². The summed E-state index contributed by atoms with van der Waals surface area (Å²) < 4.78 is 4.85. The maximum atomic E-state index is 12.5. The smallest absolute Gasteiger partial charge is 0.343 e. The van der Waals surface area contributed by atoms with Crippen LogP contribution in [0.4, 0.5) is 5.69 Å². The summed E-state index contributed by atoms with van der Waals surface area (Å²) >= 11 is 0. The third-order valence-electron chi connectivity index (χ3n) is 5.53. The van der Waals surface area contributed by atoms with Crippen LogP contribution in [0.2, 0.25) is 0 Å². The number of hydrogen-bond donors (Lipinski definition) is 1. The summed E-state index contributed by atoms with van der Waals surface area (Å²) in [5.41, 5.74) is 1.63. The number of methoxy groups -OCH3 is 1. The Morgan fingerprint density at radius 2 is 1.52 bits per heavy atom. The van der Waals surface area contributed by atoms with Gasteiger partial charge in [-0.2, -0.15) is 10.2 Å². The van der Waals surface area contributed by atoms with Crippen LogP contribution in [-0.2, 0) is 14.3 Å². The van der Waals surface area contributed by atoms with Crippen molar-refractivity contribution in [3.05, 3.63) is 72.8 Å². The summed E-state index contributed by atoms with van der Waals surface area (Å²) in [6.07, 6.45) is 1.11. The molecular weight excluding hydrogens is 392 g/mol. The number of carbonyl (C=O) groups is 2. The number of carbonyl (C=O) groups excluding carboxylic acids is 2. The lowest BCUT2D eigenvalue weighted by Gasteiger charge is -2.18. The second-order valence-corrected chi connectivity index (χ2v) is 7.45. The van der Waals surface area contributed by atoms with Crippen molar-refractivity contribution in [2.45, 2.75) is 24.8 Å². The van der Waals surface area contributed by atoms with Crippen LogP contribution in [0.25, 0.3) is 22.3 Å². The molecule has 0 unspecified atom stereocenters. The third kappa shape index (κ3) is 3.84. The molecule has 1 fully saturated rings. The summed E-state index contributed by atoms with van der Waals surface area (Å²) in [6, 6.07) is 22.3. The molecular formula is C25H22N2O4. The Hall–Kier alpha value is -3.80. The van der Waals surface area contributed by atoms with E-state index in [2.05, 4.69) is 10.2 Å². The first-order valence-electron chi connectivity index (χ1n) is 10.1. The molecule has 3 aromatic carbocycles. The van der Waals surface area contributed by atoms with E-state index < -0.39 is 11.5 Å². The molecule has 156 valence electrons. The van der Waals surface area contributed by atoms with Crippen LogP contribution >= 0.6 is 0 Å². The van der Waals surface area contributed by atoms with E-state index in [4.69, 9.17) is 4.74 Å². The van der Waals surface area contributed by atoms with Crippen LogP contribution in [0.1, 0.15) is 19.3 Å². The summed E-state index contributed by atoms with van der Waals surface area (Å²) in [5, 5.41) is 19.5. The first kappa shape index (κ1) is 20.5. The number of hydrogen-bond acceptors (Lipinski definition) is 6. The number of azo groups is 1. The minimum Gasteiger partial charge on any atom is -0.507 e. The van der Waals surface area contributed by atoms with Gasteiger partial charge in [0.05, 0.1) is 12.8 Å². The van der Waals surface area contributed by atoms with Gasteiger partial charge in [0.15, 0.2) is 5.78 Å². The molecule has 6 heteroatoms. The van der Waals surface area contributed by atoms with Gasteiger partial charge in [-0.1, -0.05) is 60.7 Å². The van der Waals surface area contributed by atoms with Crippen molar-refractivity contribution in [3.63, 3.8) is 0 Å². The first-order valence-corrected chi connectivity index (χ1v) is 10.1. The molecule has 4 rings (SSSR count). The zero-order valence-corrected chi connectivity index (χ0v) is 17.1. The molecule has 0 heterocycles. The van der Waals surface area contributed by atoms with Crippen molar-refractivity contribution in [1.82, 2.24) is 0 Å². The highest BCUT2D eigenvalue weighted by Gasteiger charge is 2.50. The summed E-state index contributed by atoms with van der Waals surface area (Å²) in [7, 11) is 1.24. The van der Waals surface area contributed by atoms with Gasteiger partial charge in [-0.15, -0.1) is 0 Å². The van der Waals surface area contributed by atoms with Crippen LogP contribution in [0, 0.1) is 0 Å². The van der Waals surface area contributed by atoms with Crippen LogP contribution < -0.4 is 0 Å². The Morgan fingerprint density at radius 3 is 1.97 bits per heavy atom. The number of ether oxygens (including phenoxy) is 1. The molecule has 0 saturated heterocycles. The second kappa shape index (κ2) is 8.52. The Balaban J connectivity index is 1.85. The fourth-order valence-electron chi connectivity index (χ4n) is 3.88. The van der Waals surface area contributed by atoms with Gasteiger partial charge in [-0.3, -0.25) is 4.79 Å². The van der Waals surface area contributed by atoms with Crippen molar-refractivity contribution in [3.8, 4) is 28.0 Å². The van der Waals surface area contributed by atoms with E-state index in [0.29, 0.717) is 23.2 Å². The maximum Gasteiger partial charge on any atom is 0.343 e. The van der Waals surface area contributed by atoms with E-state index in [0.717, 1.165) is 11.1 Å². The fraction of sp³-hybridized carbons (Fsp3) is 0.200. The number of phenolic OH excluding ortho intramolecular Hbond substituents is 1. The minimum absolute atomic E-state index is 0.121. The van der Waals surface area contributed by atoms with Gasteiger partial charge in [0.1, 0.15) is 5.75 Å². The number of aromatic hydroxyl groups is 1. The number of Topliss-reactive ketones (excluding diaryl/α,β-unsaturated/α-hetero) is 1. The van der Waals surface area contributed by atoms with E-state index in [1.165, 1.54) is 7.11 Å². The van der Waals surface area contributed by atoms with Crippen LogP contribution in [0.5, 0.6) is 5.75 Å². The van der Waals surface area contributed by atoms with Gasteiger partial charge in [0.2, 0.25) is 5.54 Å². The summed E-state index contributed by atoms with van der Waals surface area (Å²) in [6.45, 7) is 0. The molecule has 0 aromatic heterocycles. The highest BCUT2D eigenvalue weighted by Crippen LogP contribution is 2.42. The predicted octanol–water partition coefficient (Wildman–Crippen LogP) is 5.47. The normalized spacial score (nSPS) is 18.4. The second-order valence-electron chi connectivity index (χ2n) is 7.45. The number of benzene rings is 3. The molecule has 0 spiro atoms. The summed E-state index contributed by atoms with van der Waals surface area (Å²) in [5.74, 6) is -0.853. The standard InChI is InChI=1S/C25H22N2O4/c1-31-24(30)25(14-8-13-22(25)28)27-26-19-15-20(17-9-4-2-5-10-17)23(29)21(16-19)18-11-6-3-7-12-18/h2-7,9-12,15-16,29H,8,13-14H2,1H3/t25-/m0/s1. The van der Waals surface area contributed by atoms with E-state index in [-0.39, 0.29) is 24.4 Å². The van der Waals surface area contributed by atoms with Gasteiger partial charge < -0.3 is 9.84 Å². The third-order valence-corrected chi connectivity index (χ3v) is 5.53. The predicted molar refractivity (Wildman–Crippen MR) is 117 cm³/mol. The van der Waals surface area contributed by atoms with Crippen LogP contribution in [0.3, 0.4) is 0 Å². The molecule has 3 aromatic rings. The van der Waals surface area contributed by atoms with E-state index >= 15 is 0 Å². The number of ketones is 1. The first-order chi connectivity index (χ1) is 15.0. The highest BCUT2D eigenvalue weighted by molar-refractivity contribution is 6.10. The Bertz CT molecular complexity index is 1080. The van der Waals surface area contributed by atoms with Gasteiger partial charge in [0, 0.05) is 17.5 Å². The zero-order valence-electron chi connectivity index (χ0n) is 17.1. The molecule has 1 aliphatic rings.